The standard InChI is InChI=1S/C7H14N4/c1-2-9-11-10-7-3-5-8-6-4-7/h2,7-8H,1,3-6H2,(H,9,10). The van der Waals surface area contributed by atoms with Crippen molar-refractivity contribution in [3.05, 3.63) is 12.8 Å². The molecule has 11 heavy (non-hydrogen) atoms. The minimum atomic E-state index is 0.392. The Morgan fingerprint density at radius 1 is 1.45 bits per heavy atom. The Hall–Kier alpha value is -0.900. The maximum Gasteiger partial charge on any atom is 0.0753 e. The van der Waals surface area contributed by atoms with Gasteiger partial charge in [0.05, 0.1) is 6.04 Å². The highest BCUT2D eigenvalue weighted by Gasteiger charge is 2.10. The summed E-state index contributed by atoms with van der Waals surface area (Å²) < 4.78 is 0. The van der Waals surface area contributed by atoms with Gasteiger partial charge >= 0.3 is 0 Å². The van der Waals surface area contributed by atoms with E-state index in [1.54, 1.807) is 0 Å². The van der Waals surface area contributed by atoms with Crippen molar-refractivity contribution in [2.24, 2.45) is 10.3 Å². The fraction of sp³-hybridized carbons (Fsp3) is 0.714. The molecule has 1 aliphatic rings. The van der Waals surface area contributed by atoms with Crippen molar-refractivity contribution >= 4 is 0 Å². The van der Waals surface area contributed by atoms with Crippen LogP contribution in [0.4, 0.5) is 0 Å². The van der Waals surface area contributed by atoms with E-state index in [0.29, 0.717) is 6.04 Å². The van der Waals surface area contributed by atoms with Crippen molar-refractivity contribution in [3.8, 4) is 0 Å². The molecule has 0 unspecified atom stereocenters. The Morgan fingerprint density at radius 3 is 2.82 bits per heavy atom. The van der Waals surface area contributed by atoms with Gasteiger partial charge in [-0.25, -0.2) is 0 Å². The van der Waals surface area contributed by atoms with Gasteiger partial charge in [-0.1, -0.05) is 11.8 Å². The van der Waals surface area contributed by atoms with E-state index >= 15 is 0 Å². The monoisotopic (exact) mass is 154 g/mol. The van der Waals surface area contributed by atoms with Crippen molar-refractivity contribution < 1.29 is 0 Å². The molecule has 0 aromatic heterocycles. The summed E-state index contributed by atoms with van der Waals surface area (Å²) in [6.45, 7) is 5.57. The minimum Gasteiger partial charge on any atom is -0.317 e. The highest BCUT2D eigenvalue weighted by atomic mass is 15.4. The molecule has 0 aromatic carbocycles. The molecule has 0 bridgehead atoms. The predicted molar refractivity (Wildman–Crippen MR) is 44.1 cm³/mol. The van der Waals surface area contributed by atoms with E-state index in [2.05, 4.69) is 27.7 Å². The topological polar surface area (TPSA) is 48.8 Å². The Bertz CT molecular complexity index is 137. The Kier molecular flexibility index (Phi) is 3.61. The van der Waals surface area contributed by atoms with Crippen LogP contribution in [0.15, 0.2) is 23.1 Å². The number of nitrogens with one attached hydrogen (secondary N) is 2. The first-order chi connectivity index (χ1) is 5.43. The molecule has 2 N–H and O–H groups in total. The largest absolute Gasteiger partial charge is 0.317 e. The molecule has 0 aliphatic carbocycles. The van der Waals surface area contributed by atoms with Crippen LogP contribution in [0.5, 0.6) is 0 Å². The molecular formula is C7H14N4. The lowest BCUT2D eigenvalue weighted by atomic mass is 10.1. The summed E-state index contributed by atoms with van der Waals surface area (Å²) in [5.74, 6) is 0. The van der Waals surface area contributed by atoms with E-state index in [-0.39, 0.29) is 0 Å². The molecule has 0 aromatic rings. The van der Waals surface area contributed by atoms with Gasteiger partial charge in [0, 0.05) is 6.20 Å². The summed E-state index contributed by atoms with van der Waals surface area (Å²) in [5, 5.41) is 11.1. The van der Waals surface area contributed by atoms with E-state index in [4.69, 9.17) is 0 Å². The van der Waals surface area contributed by atoms with Crippen LogP contribution in [0.2, 0.25) is 0 Å². The van der Waals surface area contributed by atoms with Gasteiger partial charge < -0.3 is 5.32 Å². The number of piperidine rings is 1. The number of hydrogen-bond donors (Lipinski definition) is 2. The van der Waals surface area contributed by atoms with Crippen molar-refractivity contribution in [1.82, 2.24) is 10.7 Å². The van der Waals surface area contributed by atoms with Crippen LogP contribution in [-0.4, -0.2) is 19.1 Å². The lowest BCUT2D eigenvalue weighted by Crippen LogP contribution is -2.29. The van der Waals surface area contributed by atoms with Gasteiger partial charge in [0.25, 0.3) is 0 Å². The minimum absolute atomic E-state index is 0.392. The van der Waals surface area contributed by atoms with Gasteiger partial charge in [-0.15, -0.1) is 0 Å². The van der Waals surface area contributed by atoms with Crippen LogP contribution in [-0.2, 0) is 0 Å². The van der Waals surface area contributed by atoms with Gasteiger partial charge in [-0.05, 0) is 25.9 Å². The van der Waals surface area contributed by atoms with E-state index in [0.717, 1.165) is 25.9 Å². The summed E-state index contributed by atoms with van der Waals surface area (Å²) in [4.78, 5) is 0. The summed E-state index contributed by atoms with van der Waals surface area (Å²) >= 11 is 0. The van der Waals surface area contributed by atoms with Gasteiger partial charge in [-0.3, -0.25) is 5.43 Å². The molecule has 1 saturated heterocycles. The molecule has 0 atom stereocenters. The fourth-order valence-electron chi connectivity index (χ4n) is 1.08. The predicted octanol–water partition coefficient (Wildman–Crippen LogP) is 0.839. The molecule has 0 spiro atoms. The molecular weight excluding hydrogens is 140 g/mol. The molecule has 62 valence electrons. The SMILES string of the molecule is C=CNN=NC1CCNCC1. The zero-order valence-corrected chi connectivity index (χ0v) is 6.58. The summed E-state index contributed by atoms with van der Waals surface area (Å²) in [6.07, 6.45) is 3.69. The third kappa shape index (κ3) is 3.13. The molecule has 0 radical (unpaired) electrons. The number of rotatable bonds is 3. The maximum absolute atomic E-state index is 4.08. The highest BCUT2D eigenvalue weighted by Crippen LogP contribution is 2.06. The van der Waals surface area contributed by atoms with E-state index in [1.807, 2.05) is 0 Å². The average molecular weight is 154 g/mol. The molecule has 1 fully saturated rings. The van der Waals surface area contributed by atoms with E-state index in [1.165, 1.54) is 6.20 Å². The van der Waals surface area contributed by atoms with E-state index < -0.39 is 0 Å². The Labute approximate surface area is 66.8 Å². The van der Waals surface area contributed by atoms with Crippen LogP contribution < -0.4 is 10.7 Å². The Balaban J connectivity index is 2.18. The second kappa shape index (κ2) is 4.85. The lowest BCUT2D eigenvalue weighted by Gasteiger charge is -2.17. The molecule has 1 rings (SSSR count). The second-order valence-electron chi connectivity index (χ2n) is 2.53. The number of nitrogens with zero attached hydrogens (tertiary/aromatic N) is 2. The zero-order chi connectivity index (χ0) is 7.94. The molecule has 0 saturated carbocycles. The first-order valence-electron chi connectivity index (χ1n) is 3.90. The normalized spacial score (nSPS) is 20.4. The molecule has 4 heteroatoms. The molecule has 1 heterocycles. The lowest BCUT2D eigenvalue weighted by molar-refractivity contribution is 0.441. The van der Waals surface area contributed by atoms with Gasteiger partial charge in [0.2, 0.25) is 0 Å². The molecule has 1 aliphatic heterocycles. The Morgan fingerprint density at radius 2 is 2.18 bits per heavy atom. The fourth-order valence-corrected chi connectivity index (χ4v) is 1.08. The highest BCUT2D eigenvalue weighted by molar-refractivity contribution is 4.72. The number of hydrogen-bond acceptors (Lipinski definition) is 3. The van der Waals surface area contributed by atoms with Crippen molar-refractivity contribution in [3.63, 3.8) is 0 Å². The maximum atomic E-state index is 4.08. The molecule has 4 nitrogen and oxygen atoms in total. The average Bonchev–Trinajstić information content (AvgIpc) is 2.07. The first-order valence-corrected chi connectivity index (χ1v) is 3.90. The quantitative estimate of drug-likeness (QED) is 0.467. The summed E-state index contributed by atoms with van der Waals surface area (Å²) in [5.41, 5.74) is 2.60. The summed E-state index contributed by atoms with van der Waals surface area (Å²) in [7, 11) is 0. The van der Waals surface area contributed by atoms with Crippen molar-refractivity contribution in [1.29, 1.82) is 0 Å². The van der Waals surface area contributed by atoms with Crippen LogP contribution in [0, 0.1) is 0 Å². The van der Waals surface area contributed by atoms with Crippen LogP contribution in [0.3, 0.4) is 0 Å². The first kappa shape index (κ1) is 8.20. The van der Waals surface area contributed by atoms with Crippen LogP contribution in [0.25, 0.3) is 0 Å². The second-order valence-corrected chi connectivity index (χ2v) is 2.53. The van der Waals surface area contributed by atoms with Crippen LogP contribution >= 0.6 is 0 Å². The third-order valence-electron chi connectivity index (χ3n) is 1.68. The summed E-state index contributed by atoms with van der Waals surface area (Å²) in [6, 6.07) is 0.392. The van der Waals surface area contributed by atoms with Gasteiger partial charge in [0.1, 0.15) is 0 Å². The van der Waals surface area contributed by atoms with Gasteiger partial charge in [-0.2, -0.15) is 5.11 Å². The van der Waals surface area contributed by atoms with Crippen molar-refractivity contribution in [2.75, 3.05) is 13.1 Å². The van der Waals surface area contributed by atoms with Crippen LogP contribution in [0.1, 0.15) is 12.8 Å². The smallest absolute Gasteiger partial charge is 0.0753 e. The molecule has 0 amide bonds. The van der Waals surface area contributed by atoms with Gasteiger partial charge in [0.15, 0.2) is 0 Å². The third-order valence-corrected chi connectivity index (χ3v) is 1.68. The zero-order valence-electron chi connectivity index (χ0n) is 6.58. The van der Waals surface area contributed by atoms with E-state index in [9.17, 15) is 0 Å². The van der Waals surface area contributed by atoms with Crippen molar-refractivity contribution in [2.45, 2.75) is 18.9 Å².